The number of hydrogen-bond donors (Lipinski definition) is 0. The van der Waals surface area contributed by atoms with Crippen LogP contribution in [-0.4, -0.2) is 16.1 Å². The van der Waals surface area contributed by atoms with Crippen LogP contribution < -0.4 is 0 Å². The standard InChI is InChI=1S/C13H24INO2/c1-11(2)8-9-12(3)15-17-10-6-4-5-7-13(14)16/h11H,4-10H2,1-3H3/b15-12+. The van der Waals surface area contributed by atoms with Gasteiger partial charge in [-0.05, 0) is 67.5 Å². The SMILES string of the molecule is C/C(CCC(C)C)=N\OCCCCCC(=O)I. The maximum absolute atomic E-state index is 10.7. The third-order valence-electron chi connectivity index (χ3n) is 2.41. The van der Waals surface area contributed by atoms with E-state index in [0.717, 1.165) is 37.8 Å². The van der Waals surface area contributed by atoms with Crippen LogP contribution in [0.2, 0.25) is 0 Å². The van der Waals surface area contributed by atoms with Crippen LogP contribution in [0.25, 0.3) is 0 Å². The van der Waals surface area contributed by atoms with Crippen LogP contribution in [0.5, 0.6) is 0 Å². The summed E-state index contributed by atoms with van der Waals surface area (Å²) in [5, 5.41) is 4.08. The first-order chi connectivity index (χ1) is 8.02. The third kappa shape index (κ3) is 13.8. The first kappa shape index (κ1) is 16.9. The predicted octanol–water partition coefficient (Wildman–Crippen LogP) is 4.34. The summed E-state index contributed by atoms with van der Waals surface area (Å²) < 4.78 is 0.242. The maximum Gasteiger partial charge on any atom is 0.192 e. The number of hydrogen-bond acceptors (Lipinski definition) is 3. The van der Waals surface area contributed by atoms with Crippen LogP contribution in [0.4, 0.5) is 0 Å². The van der Waals surface area contributed by atoms with Gasteiger partial charge in [0.15, 0.2) is 3.79 Å². The third-order valence-corrected chi connectivity index (χ3v) is 2.95. The summed E-state index contributed by atoms with van der Waals surface area (Å²) in [5.74, 6) is 0.714. The molecule has 0 heterocycles. The normalized spacial score (nSPS) is 11.9. The van der Waals surface area contributed by atoms with Crippen molar-refractivity contribution in [2.75, 3.05) is 6.61 Å². The summed E-state index contributed by atoms with van der Waals surface area (Å²) in [6.45, 7) is 7.09. The summed E-state index contributed by atoms with van der Waals surface area (Å²) in [6.07, 6.45) is 5.83. The van der Waals surface area contributed by atoms with Crippen LogP contribution in [-0.2, 0) is 9.63 Å². The van der Waals surface area contributed by atoms with Crippen molar-refractivity contribution in [1.82, 2.24) is 0 Å². The molecule has 3 nitrogen and oxygen atoms in total. The molecule has 0 saturated heterocycles. The molecule has 0 atom stereocenters. The van der Waals surface area contributed by atoms with E-state index in [1.165, 1.54) is 0 Å². The molecule has 0 aliphatic rings. The van der Waals surface area contributed by atoms with Gasteiger partial charge in [-0.2, -0.15) is 0 Å². The molecule has 0 saturated carbocycles. The highest BCUT2D eigenvalue weighted by molar-refractivity contribution is 14.1. The van der Waals surface area contributed by atoms with E-state index in [2.05, 4.69) is 19.0 Å². The summed E-state index contributed by atoms with van der Waals surface area (Å²) >= 11 is 1.84. The molecule has 0 aromatic carbocycles. The molecule has 0 rings (SSSR count). The average molecular weight is 353 g/mol. The van der Waals surface area contributed by atoms with Crippen molar-refractivity contribution >= 4 is 32.1 Å². The minimum Gasteiger partial charge on any atom is -0.396 e. The van der Waals surface area contributed by atoms with Crippen molar-refractivity contribution < 1.29 is 9.63 Å². The molecule has 0 aliphatic heterocycles. The number of rotatable bonds is 10. The number of unbranched alkanes of at least 4 members (excludes halogenated alkanes) is 2. The molecule has 100 valence electrons. The number of carbonyl (C=O) groups is 1. The minimum atomic E-state index is 0.242. The molecule has 0 fully saturated rings. The van der Waals surface area contributed by atoms with E-state index in [4.69, 9.17) is 4.84 Å². The molecule has 0 N–H and O–H groups in total. The minimum absolute atomic E-state index is 0.242. The highest BCUT2D eigenvalue weighted by atomic mass is 127. The predicted molar refractivity (Wildman–Crippen MR) is 80.6 cm³/mol. The lowest BCUT2D eigenvalue weighted by Gasteiger charge is -2.04. The van der Waals surface area contributed by atoms with E-state index in [1.807, 2.05) is 29.5 Å². The molecule has 0 spiro atoms. The van der Waals surface area contributed by atoms with Crippen molar-refractivity contribution in [1.29, 1.82) is 0 Å². The number of nitrogens with zero attached hydrogens (tertiary/aromatic N) is 1. The van der Waals surface area contributed by atoms with Gasteiger partial charge >= 0.3 is 0 Å². The van der Waals surface area contributed by atoms with E-state index in [-0.39, 0.29) is 3.79 Å². The Hall–Kier alpha value is -0.130. The van der Waals surface area contributed by atoms with Crippen LogP contribution in [0, 0.1) is 5.92 Å². The molecule has 0 bridgehead atoms. The zero-order valence-electron chi connectivity index (χ0n) is 11.2. The van der Waals surface area contributed by atoms with E-state index in [9.17, 15) is 4.79 Å². The largest absolute Gasteiger partial charge is 0.396 e. The lowest BCUT2D eigenvalue weighted by atomic mass is 10.1. The second-order valence-corrected chi connectivity index (χ2v) is 5.96. The molecular formula is C13H24INO2. The van der Waals surface area contributed by atoms with Gasteiger partial charge in [0.25, 0.3) is 0 Å². The Kier molecular flexibility index (Phi) is 10.9. The number of carbonyl (C=O) groups excluding carboxylic acids is 1. The fourth-order valence-electron chi connectivity index (χ4n) is 1.31. The molecule has 0 unspecified atom stereocenters. The highest BCUT2D eigenvalue weighted by Gasteiger charge is 1.98. The summed E-state index contributed by atoms with van der Waals surface area (Å²) in [7, 11) is 0. The van der Waals surface area contributed by atoms with Crippen molar-refractivity contribution in [3.8, 4) is 0 Å². The van der Waals surface area contributed by atoms with Crippen molar-refractivity contribution in [2.45, 2.75) is 59.3 Å². The Morgan fingerprint density at radius 2 is 1.94 bits per heavy atom. The lowest BCUT2D eigenvalue weighted by molar-refractivity contribution is -0.109. The molecule has 0 amide bonds. The van der Waals surface area contributed by atoms with Gasteiger partial charge in [-0.1, -0.05) is 19.0 Å². The molecule has 4 heteroatoms. The Bertz CT molecular complexity index is 240. The topological polar surface area (TPSA) is 38.7 Å². The Balaban J connectivity index is 3.36. The van der Waals surface area contributed by atoms with Gasteiger partial charge in [0.2, 0.25) is 0 Å². The fraction of sp³-hybridized carbons (Fsp3) is 0.846. The Labute approximate surface area is 119 Å². The van der Waals surface area contributed by atoms with Gasteiger partial charge in [-0.25, -0.2) is 0 Å². The highest BCUT2D eigenvalue weighted by Crippen LogP contribution is 2.06. The lowest BCUT2D eigenvalue weighted by Crippen LogP contribution is -1.98. The van der Waals surface area contributed by atoms with E-state index < -0.39 is 0 Å². The zero-order chi connectivity index (χ0) is 13.1. The molecule has 17 heavy (non-hydrogen) atoms. The van der Waals surface area contributed by atoms with Crippen LogP contribution in [0.3, 0.4) is 0 Å². The van der Waals surface area contributed by atoms with Crippen molar-refractivity contribution in [3.63, 3.8) is 0 Å². The van der Waals surface area contributed by atoms with Gasteiger partial charge in [0, 0.05) is 6.42 Å². The van der Waals surface area contributed by atoms with E-state index >= 15 is 0 Å². The molecule has 0 aliphatic carbocycles. The molecule has 0 aromatic heterocycles. The van der Waals surface area contributed by atoms with Crippen molar-refractivity contribution in [2.24, 2.45) is 11.1 Å². The fourth-order valence-corrected chi connectivity index (χ4v) is 1.69. The maximum atomic E-state index is 10.7. The van der Waals surface area contributed by atoms with Gasteiger partial charge in [-0.3, -0.25) is 4.79 Å². The first-order valence-corrected chi connectivity index (χ1v) is 7.44. The number of halogens is 1. The average Bonchev–Trinajstić information content (AvgIpc) is 2.24. The van der Waals surface area contributed by atoms with Crippen LogP contribution in [0.1, 0.15) is 59.3 Å². The second-order valence-electron chi connectivity index (χ2n) is 4.76. The molecule has 0 radical (unpaired) electrons. The van der Waals surface area contributed by atoms with E-state index in [0.29, 0.717) is 18.9 Å². The summed E-state index contributed by atoms with van der Waals surface area (Å²) in [4.78, 5) is 15.9. The Morgan fingerprint density at radius 1 is 1.24 bits per heavy atom. The van der Waals surface area contributed by atoms with Gasteiger partial charge in [-0.15, -0.1) is 0 Å². The zero-order valence-corrected chi connectivity index (χ0v) is 13.3. The first-order valence-electron chi connectivity index (χ1n) is 6.36. The van der Waals surface area contributed by atoms with Crippen LogP contribution >= 0.6 is 22.6 Å². The summed E-state index contributed by atoms with van der Waals surface area (Å²) in [6, 6.07) is 0. The van der Waals surface area contributed by atoms with Gasteiger partial charge in [0.1, 0.15) is 6.61 Å². The Morgan fingerprint density at radius 3 is 2.53 bits per heavy atom. The molecular weight excluding hydrogens is 329 g/mol. The number of oxime groups is 1. The van der Waals surface area contributed by atoms with Gasteiger partial charge in [0.05, 0.1) is 5.71 Å². The molecule has 0 aromatic rings. The smallest absolute Gasteiger partial charge is 0.192 e. The monoisotopic (exact) mass is 353 g/mol. The van der Waals surface area contributed by atoms with Gasteiger partial charge < -0.3 is 4.84 Å². The second kappa shape index (κ2) is 11.0. The van der Waals surface area contributed by atoms with Crippen LogP contribution in [0.15, 0.2) is 5.16 Å². The quantitative estimate of drug-likeness (QED) is 0.193. The van der Waals surface area contributed by atoms with Crippen molar-refractivity contribution in [3.05, 3.63) is 0 Å². The summed E-state index contributed by atoms with van der Waals surface area (Å²) in [5.41, 5.74) is 1.07. The van der Waals surface area contributed by atoms with E-state index in [1.54, 1.807) is 0 Å².